The predicted octanol–water partition coefficient (Wildman–Crippen LogP) is 0.923. The number of hydrogen-bond donors (Lipinski definition) is 1. The summed E-state index contributed by atoms with van der Waals surface area (Å²) in [6, 6.07) is 0. The van der Waals surface area contributed by atoms with Crippen LogP contribution in [0.4, 0.5) is 4.79 Å². The fourth-order valence-electron chi connectivity index (χ4n) is 1.99. The molecule has 1 atom stereocenters. The molecule has 1 unspecified atom stereocenters. The average Bonchev–Trinajstić information content (AvgIpc) is 2.42. The largest absolute Gasteiger partial charge is 0.455 e. The van der Waals surface area contributed by atoms with Gasteiger partial charge in [-0.1, -0.05) is 0 Å². The van der Waals surface area contributed by atoms with Crippen LogP contribution in [0.5, 0.6) is 0 Å². The third-order valence-corrected chi connectivity index (χ3v) is 3.03. The number of nitrogens with zero attached hydrogens (tertiary/aromatic N) is 1. The summed E-state index contributed by atoms with van der Waals surface area (Å²) in [5, 5.41) is 2.38. The van der Waals surface area contributed by atoms with Crippen LogP contribution in [-0.2, 0) is 19.1 Å². The molecule has 120 valence electrons. The lowest BCUT2D eigenvalue weighted by Gasteiger charge is -2.33. The lowest BCUT2D eigenvalue weighted by atomic mass is 9.98. The van der Waals surface area contributed by atoms with Gasteiger partial charge in [-0.3, -0.25) is 9.59 Å². The Morgan fingerprint density at radius 2 is 1.95 bits per heavy atom. The molecule has 0 aromatic rings. The van der Waals surface area contributed by atoms with Crippen LogP contribution in [0.25, 0.3) is 0 Å². The summed E-state index contributed by atoms with van der Waals surface area (Å²) in [6.45, 7) is 5.92. The Morgan fingerprint density at radius 1 is 1.29 bits per heavy atom. The molecule has 0 bridgehead atoms. The smallest absolute Gasteiger partial charge is 0.410 e. The molecular formula is C14H24N2O5. The number of amides is 2. The highest BCUT2D eigenvalue weighted by Crippen LogP contribution is 2.20. The first-order valence-corrected chi connectivity index (χ1v) is 7.08. The maximum atomic E-state index is 12.0. The van der Waals surface area contributed by atoms with Crippen LogP contribution in [0.15, 0.2) is 0 Å². The van der Waals surface area contributed by atoms with Gasteiger partial charge in [0, 0.05) is 20.1 Å². The molecule has 2 amide bonds. The second kappa shape index (κ2) is 7.28. The Hall–Kier alpha value is -1.79. The van der Waals surface area contributed by atoms with Gasteiger partial charge >= 0.3 is 12.1 Å². The number of rotatable bonds is 3. The van der Waals surface area contributed by atoms with Gasteiger partial charge in [-0.25, -0.2) is 4.79 Å². The second-order valence-corrected chi connectivity index (χ2v) is 6.05. The van der Waals surface area contributed by atoms with E-state index in [0.717, 1.165) is 0 Å². The van der Waals surface area contributed by atoms with Crippen LogP contribution in [0.2, 0.25) is 0 Å². The fourth-order valence-corrected chi connectivity index (χ4v) is 1.99. The lowest BCUT2D eigenvalue weighted by molar-refractivity contribution is -0.154. The molecule has 1 aliphatic rings. The maximum absolute atomic E-state index is 12.0. The molecule has 1 N–H and O–H groups in total. The van der Waals surface area contributed by atoms with Crippen molar-refractivity contribution >= 4 is 18.0 Å². The molecule has 0 spiro atoms. The number of carbonyl (C=O) groups is 3. The number of likely N-dealkylation sites (tertiary alicyclic amines) is 1. The molecule has 7 nitrogen and oxygen atoms in total. The van der Waals surface area contributed by atoms with Crippen molar-refractivity contribution in [1.29, 1.82) is 0 Å². The van der Waals surface area contributed by atoms with E-state index in [2.05, 4.69) is 5.32 Å². The molecule has 1 rings (SSSR count). The van der Waals surface area contributed by atoms with Crippen LogP contribution in [0, 0.1) is 5.92 Å². The Labute approximate surface area is 124 Å². The highest BCUT2D eigenvalue weighted by molar-refractivity contribution is 5.81. The van der Waals surface area contributed by atoms with Crippen molar-refractivity contribution < 1.29 is 23.9 Å². The van der Waals surface area contributed by atoms with E-state index in [9.17, 15) is 14.4 Å². The molecule has 1 aliphatic heterocycles. The summed E-state index contributed by atoms with van der Waals surface area (Å²) >= 11 is 0. The summed E-state index contributed by atoms with van der Waals surface area (Å²) < 4.78 is 10.2. The molecule has 0 saturated carbocycles. The van der Waals surface area contributed by atoms with Gasteiger partial charge < -0.3 is 19.7 Å². The lowest BCUT2D eigenvalue weighted by Crippen LogP contribution is -2.45. The first-order valence-electron chi connectivity index (χ1n) is 7.08. The van der Waals surface area contributed by atoms with Crippen LogP contribution in [0.3, 0.4) is 0 Å². The molecule has 0 aliphatic carbocycles. The Balaban J connectivity index is 2.49. The number of ether oxygens (including phenoxy) is 2. The van der Waals surface area contributed by atoms with E-state index < -0.39 is 23.6 Å². The summed E-state index contributed by atoms with van der Waals surface area (Å²) in [7, 11) is 1.47. The zero-order valence-corrected chi connectivity index (χ0v) is 13.1. The normalized spacial score (nSPS) is 18.9. The van der Waals surface area contributed by atoms with E-state index in [1.54, 1.807) is 20.8 Å². The van der Waals surface area contributed by atoms with Crippen molar-refractivity contribution in [3.05, 3.63) is 0 Å². The van der Waals surface area contributed by atoms with Crippen molar-refractivity contribution in [3.63, 3.8) is 0 Å². The Morgan fingerprint density at radius 3 is 2.52 bits per heavy atom. The van der Waals surface area contributed by atoms with Gasteiger partial charge in [0.15, 0.2) is 6.61 Å². The highest BCUT2D eigenvalue weighted by atomic mass is 16.6. The second-order valence-electron chi connectivity index (χ2n) is 6.05. The standard InChI is InChI=1S/C14H24N2O5/c1-14(2,3)21-13(19)16-7-5-6-10(8-16)12(18)20-9-11(17)15-4/h10H,5-9H2,1-4H3,(H,15,17). The van der Waals surface area contributed by atoms with Gasteiger partial charge in [-0.2, -0.15) is 0 Å². The van der Waals surface area contributed by atoms with E-state index in [0.29, 0.717) is 19.4 Å². The van der Waals surface area contributed by atoms with Gasteiger partial charge in [-0.15, -0.1) is 0 Å². The summed E-state index contributed by atoms with van der Waals surface area (Å²) in [4.78, 5) is 36.4. The zero-order valence-electron chi connectivity index (χ0n) is 13.1. The highest BCUT2D eigenvalue weighted by Gasteiger charge is 2.32. The van der Waals surface area contributed by atoms with E-state index in [4.69, 9.17) is 9.47 Å². The zero-order chi connectivity index (χ0) is 16.0. The first kappa shape index (κ1) is 17.3. The van der Waals surface area contributed by atoms with Crippen LogP contribution in [-0.4, -0.2) is 55.2 Å². The number of esters is 1. The number of likely N-dealkylation sites (N-methyl/N-ethyl adjacent to an activating group) is 1. The topological polar surface area (TPSA) is 84.9 Å². The maximum Gasteiger partial charge on any atom is 0.410 e. The SMILES string of the molecule is CNC(=O)COC(=O)C1CCCN(C(=O)OC(C)(C)C)C1. The minimum atomic E-state index is -0.566. The van der Waals surface area contributed by atoms with Crippen molar-refractivity contribution in [2.45, 2.75) is 39.2 Å². The number of hydrogen-bond acceptors (Lipinski definition) is 5. The Bertz CT molecular complexity index is 403. The van der Waals surface area contributed by atoms with E-state index in [1.807, 2.05) is 0 Å². The molecule has 7 heteroatoms. The number of piperidine rings is 1. The third-order valence-electron chi connectivity index (χ3n) is 3.03. The number of nitrogens with one attached hydrogen (secondary N) is 1. The quantitative estimate of drug-likeness (QED) is 0.784. The average molecular weight is 300 g/mol. The van der Waals surface area contributed by atoms with Crippen molar-refractivity contribution in [2.24, 2.45) is 5.92 Å². The molecule has 0 radical (unpaired) electrons. The van der Waals surface area contributed by atoms with Gasteiger partial charge in [0.1, 0.15) is 5.60 Å². The molecule has 1 saturated heterocycles. The van der Waals surface area contributed by atoms with Gasteiger partial charge in [-0.05, 0) is 33.6 Å². The summed E-state index contributed by atoms with van der Waals surface area (Å²) in [6.07, 6.45) is 0.927. The van der Waals surface area contributed by atoms with Gasteiger partial charge in [0.2, 0.25) is 0 Å². The van der Waals surface area contributed by atoms with Crippen molar-refractivity contribution in [2.75, 3.05) is 26.7 Å². The third kappa shape index (κ3) is 6.01. The van der Waals surface area contributed by atoms with Crippen molar-refractivity contribution in [3.8, 4) is 0 Å². The van der Waals surface area contributed by atoms with Gasteiger partial charge in [0.25, 0.3) is 5.91 Å². The van der Waals surface area contributed by atoms with Crippen LogP contribution < -0.4 is 5.32 Å². The van der Waals surface area contributed by atoms with E-state index in [-0.39, 0.29) is 19.1 Å². The molecule has 1 fully saturated rings. The Kier molecular flexibility index (Phi) is 5.99. The van der Waals surface area contributed by atoms with Gasteiger partial charge in [0.05, 0.1) is 5.92 Å². The molecule has 0 aromatic carbocycles. The van der Waals surface area contributed by atoms with E-state index >= 15 is 0 Å². The summed E-state index contributed by atoms with van der Waals surface area (Å²) in [5.74, 6) is -1.22. The molecule has 1 heterocycles. The minimum Gasteiger partial charge on any atom is -0.455 e. The first-order chi connectivity index (χ1) is 9.73. The van der Waals surface area contributed by atoms with Crippen LogP contribution >= 0.6 is 0 Å². The summed E-state index contributed by atoms with van der Waals surface area (Å²) in [5.41, 5.74) is -0.566. The fraction of sp³-hybridized carbons (Fsp3) is 0.786. The molecular weight excluding hydrogens is 276 g/mol. The minimum absolute atomic E-state index is 0.265. The van der Waals surface area contributed by atoms with Crippen LogP contribution in [0.1, 0.15) is 33.6 Å². The monoisotopic (exact) mass is 300 g/mol. The molecule has 0 aromatic heterocycles. The number of carbonyl (C=O) groups excluding carboxylic acids is 3. The van der Waals surface area contributed by atoms with E-state index in [1.165, 1.54) is 11.9 Å². The molecule has 21 heavy (non-hydrogen) atoms. The predicted molar refractivity (Wildman–Crippen MR) is 75.6 cm³/mol. The van der Waals surface area contributed by atoms with Crippen molar-refractivity contribution in [1.82, 2.24) is 10.2 Å².